The molecule has 0 fully saturated rings. The highest BCUT2D eigenvalue weighted by molar-refractivity contribution is 7.98. The van der Waals surface area contributed by atoms with Crippen molar-refractivity contribution in [2.24, 2.45) is 5.73 Å². The van der Waals surface area contributed by atoms with Gasteiger partial charge in [0.15, 0.2) is 0 Å². The zero-order valence-electron chi connectivity index (χ0n) is 12.1. The smallest absolute Gasteiger partial charge is 0.137 e. The van der Waals surface area contributed by atoms with Gasteiger partial charge in [-0.05, 0) is 38.0 Å². The third-order valence-electron chi connectivity index (χ3n) is 3.15. The highest BCUT2D eigenvalue weighted by Crippen LogP contribution is 2.32. The molecule has 0 amide bonds. The normalized spacial score (nSPS) is 12.4. The Labute approximate surface area is 124 Å². The van der Waals surface area contributed by atoms with Gasteiger partial charge in [0, 0.05) is 16.7 Å². The Morgan fingerprint density at radius 1 is 1.15 bits per heavy atom. The van der Waals surface area contributed by atoms with Crippen molar-refractivity contribution >= 4 is 11.8 Å². The molecule has 2 aromatic rings. The molecule has 0 radical (unpaired) electrons. The van der Waals surface area contributed by atoms with Gasteiger partial charge < -0.3 is 5.73 Å². The number of rotatable bonds is 4. The van der Waals surface area contributed by atoms with Crippen LogP contribution in [0.1, 0.15) is 35.2 Å². The minimum Gasteiger partial charge on any atom is -0.324 e. The SMILES string of the molecule is Cc1cc(C)cc(CSc2c(F)cccc2[C@@H](C)N)c1. The average Bonchev–Trinajstić information content (AvgIpc) is 2.35. The zero-order chi connectivity index (χ0) is 14.7. The summed E-state index contributed by atoms with van der Waals surface area (Å²) in [4.78, 5) is 0.668. The van der Waals surface area contributed by atoms with Crippen molar-refractivity contribution in [2.75, 3.05) is 0 Å². The van der Waals surface area contributed by atoms with E-state index in [0.717, 1.165) is 11.3 Å². The predicted octanol–water partition coefficient (Wildman–Crippen LogP) is 4.75. The number of thioether (sulfide) groups is 1. The second-order valence-corrected chi connectivity index (χ2v) is 6.22. The van der Waals surface area contributed by atoms with Gasteiger partial charge >= 0.3 is 0 Å². The molecule has 2 rings (SSSR count). The van der Waals surface area contributed by atoms with E-state index in [9.17, 15) is 4.39 Å². The lowest BCUT2D eigenvalue weighted by atomic mass is 10.1. The third kappa shape index (κ3) is 3.62. The molecule has 0 aliphatic rings. The molecule has 0 heterocycles. The molecule has 2 aromatic carbocycles. The lowest BCUT2D eigenvalue weighted by molar-refractivity contribution is 0.591. The average molecular weight is 289 g/mol. The van der Waals surface area contributed by atoms with Crippen molar-refractivity contribution in [2.45, 2.75) is 37.5 Å². The summed E-state index contributed by atoms with van der Waals surface area (Å²) < 4.78 is 14.0. The highest BCUT2D eigenvalue weighted by Gasteiger charge is 2.12. The Bertz CT molecular complexity index is 588. The van der Waals surface area contributed by atoms with Crippen molar-refractivity contribution in [3.05, 3.63) is 64.5 Å². The van der Waals surface area contributed by atoms with E-state index in [-0.39, 0.29) is 11.9 Å². The maximum atomic E-state index is 14.0. The number of aryl methyl sites for hydroxylation is 2. The van der Waals surface area contributed by atoms with E-state index in [2.05, 4.69) is 32.0 Å². The van der Waals surface area contributed by atoms with E-state index >= 15 is 0 Å². The standard InChI is InChI=1S/C17H20FNS/c1-11-7-12(2)9-14(8-11)10-20-17-15(13(3)19)5-4-6-16(17)18/h4-9,13H,10,19H2,1-3H3/t13-/m1/s1. The molecule has 0 saturated carbocycles. The summed E-state index contributed by atoms with van der Waals surface area (Å²) in [5.74, 6) is 0.567. The number of hydrogen-bond donors (Lipinski definition) is 1. The molecule has 0 spiro atoms. The van der Waals surface area contributed by atoms with E-state index in [4.69, 9.17) is 5.73 Å². The quantitative estimate of drug-likeness (QED) is 0.822. The van der Waals surface area contributed by atoms with Gasteiger partial charge in [0.2, 0.25) is 0 Å². The first kappa shape index (κ1) is 15.1. The Hall–Kier alpha value is -1.32. The lowest BCUT2D eigenvalue weighted by Crippen LogP contribution is -2.07. The van der Waals surface area contributed by atoms with Gasteiger partial charge in [-0.15, -0.1) is 11.8 Å². The predicted molar refractivity (Wildman–Crippen MR) is 84.5 cm³/mol. The fourth-order valence-corrected chi connectivity index (χ4v) is 3.45. The molecular formula is C17H20FNS. The monoisotopic (exact) mass is 289 g/mol. The molecule has 0 bridgehead atoms. The van der Waals surface area contributed by atoms with Gasteiger partial charge in [-0.3, -0.25) is 0 Å². The molecule has 1 atom stereocenters. The van der Waals surface area contributed by atoms with E-state index in [1.165, 1.54) is 34.5 Å². The Morgan fingerprint density at radius 3 is 2.40 bits per heavy atom. The van der Waals surface area contributed by atoms with Crippen LogP contribution in [0.2, 0.25) is 0 Å². The van der Waals surface area contributed by atoms with Crippen LogP contribution in [0.4, 0.5) is 4.39 Å². The number of nitrogens with two attached hydrogens (primary N) is 1. The summed E-state index contributed by atoms with van der Waals surface area (Å²) in [6, 6.07) is 11.4. The van der Waals surface area contributed by atoms with Crippen LogP contribution < -0.4 is 5.73 Å². The lowest BCUT2D eigenvalue weighted by Gasteiger charge is -2.13. The summed E-state index contributed by atoms with van der Waals surface area (Å²) in [6.07, 6.45) is 0. The Kier molecular flexibility index (Phi) is 4.84. The molecular weight excluding hydrogens is 269 g/mol. The maximum Gasteiger partial charge on any atom is 0.137 e. The minimum absolute atomic E-state index is 0.160. The summed E-state index contributed by atoms with van der Waals surface area (Å²) in [5, 5.41) is 0. The van der Waals surface area contributed by atoms with Crippen LogP contribution in [-0.2, 0) is 5.75 Å². The first-order valence-electron chi connectivity index (χ1n) is 6.71. The second-order valence-electron chi connectivity index (χ2n) is 5.23. The summed E-state index contributed by atoms with van der Waals surface area (Å²) >= 11 is 1.52. The maximum absolute atomic E-state index is 14.0. The van der Waals surface area contributed by atoms with Crippen molar-refractivity contribution in [3.63, 3.8) is 0 Å². The van der Waals surface area contributed by atoms with E-state index in [1.54, 1.807) is 6.07 Å². The zero-order valence-corrected chi connectivity index (χ0v) is 12.9. The molecule has 0 aliphatic heterocycles. The van der Waals surface area contributed by atoms with Crippen LogP contribution in [-0.4, -0.2) is 0 Å². The van der Waals surface area contributed by atoms with Crippen LogP contribution >= 0.6 is 11.8 Å². The van der Waals surface area contributed by atoms with Gasteiger partial charge in [-0.25, -0.2) is 4.39 Å². The van der Waals surface area contributed by atoms with Crippen LogP contribution in [0.25, 0.3) is 0 Å². The molecule has 0 saturated heterocycles. The molecule has 3 heteroatoms. The van der Waals surface area contributed by atoms with Gasteiger partial charge in [-0.2, -0.15) is 0 Å². The molecule has 2 N–H and O–H groups in total. The second kappa shape index (κ2) is 6.42. The third-order valence-corrected chi connectivity index (χ3v) is 4.35. The summed E-state index contributed by atoms with van der Waals surface area (Å²) in [7, 11) is 0. The van der Waals surface area contributed by atoms with Gasteiger partial charge in [0.25, 0.3) is 0 Å². The first-order chi connectivity index (χ1) is 9.47. The van der Waals surface area contributed by atoms with Gasteiger partial charge in [-0.1, -0.05) is 41.5 Å². The first-order valence-corrected chi connectivity index (χ1v) is 7.70. The number of halogens is 1. The van der Waals surface area contributed by atoms with Gasteiger partial charge in [0.05, 0.1) is 0 Å². The molecule has 0 unspecified atom stereocenters. The highest BCUT2D eigenvalue weighted by atomic mass is 32.2. The van der Waals surface area contributed by atoms with E-state index in [1.807, 2.05) is 13.0 Å². The van der Waals surface area contributed by atoms with Crippen molar-refractivity contribution < 1.29 is 4.39 Å². The summed E-state index contributed by atoms with van der Waals surface area (Å²) in [6.45, 7) is 6.05. The fourth-order valence-electron chi connectivity index (χ4n) is 2.34. The molecule has 1 nitrogen and oxygen atoms in total. The molecule has 20 heavy (non-hydrogen) atoms. The fraction of sp³-hybridized carbons (Fsp3) is 0.294. The Morgan fingerprint density at radius 2 is 1.80 bits per heavy atom. The van der Waals surface area contributed by atoms with E-state index < -0.39 is 0 Å². The Balaban J connectivity index is 2.22. The van der Waals surface area contributed by atoms with Crippen LogP contribution in [0.15, 0.2) is 41.3 Å². The minimum atomic E-state index is -0.186. The largest absolute Gasteiger partial charge is 0.324 e. The number of benzene rings is 2. The van der Waals surface area contributed by atoms with Crippen molar-refractivity contribution in [1.29, 1.82) is 0 Å². The van der Waals surface area contributed by atoms with Gasteiger partial charge in [0.1, 0.15) is 5.82 Å². The van der Waals surface area contributed by atoms with Crippen molar-refractivity contribution in [3.8, 4) is 0 Å². The summed E-state index contributed by atoms with van der Waals surface area (Å²) in [5.41, 5.74) is 10.5. The molecule has 0 aliphatic carbocycles. The van der Waals surface area contributed by atoms with Crippen LogP contribution in [0.3, 0.4) is 0 Å². The topological polar surface area (TPSA) is 26.0 Å². The molecule has 106 valence electrons. The van der Waals surface area contributed by atoms with Crippen LogP contribution in [0, 0.1) is 19.7 Å². The molecule has 0 aromatic heterocycles. The number of hydrogen-bond acceptors (Lipinski definition) is 2. The van der Waals surface area contributed by atoms with E-state index in [0.29, 0.717) is 4.90 Å². The van der Waals surface area contributed by atoms with Crippen molar-refractivity contribution in [1.82, 2.24) is 0 Å². The van der Waals surface area contributed by atoms with Crippen LogP contribution in [0.5, 0.6) is 0 Å².